The molecule has 0 aliphatic heterocycles. The first-order chi connectivity index (χ1) is 9.99. The molecule has 1 fully saturated rings. The van der Waals surface area contributed by atoms with Crippen LogP contribution in [0.1, 0.15) is 31.2 Å². The second-order valence-electron chi connectivity index (χ2n) is 5.65. The lowest BCUT2D eigenvalue weighted by molar-refractivity contribution is -0.137. The maximum Gasteiger partial charge on any atom is 0.260 e. The molecule has 1 N–H and O–H groups in total. The minimum Gasteiger partial charge on any atom is -0.482 e. The maximum absolute atomic E-state index is 12.2. The molecule has 0 spiro atoms. The summed E-state index contributed by atoms with van der Waals surface area (Å²) in [6.45, 7) is 1.87. The Labute approximate surface area is 130 Å². The van der Waals surface area contributed by atoms with Crippen LogP contribution in [0.4, 0.5) is 0 Å². The van der Waals surface area contributed by atoms with Crippen molar-refractivity contribution >= 4 is 17.5 Å². The molecule has 0 radical (unpaired) electrons. The summed E-state index contributed by atoms with van der Waals surface area (Å²) in [5, 5.41) is 10.5. The smallest absolute Gasteiger partial charge is 0.260 e. The van der Waals surface area contributed by atoms with Gasteiger partial charge in [0.25, 0.3) is 5.91 Å². The van der Waals surface area contributed by atoms with Gasteiger partial charge in [-0.3, -0.25) is 4.79 Å². The number of rotatable bonds is 4. The molecule has 1 aliphatic carbocycles. The number of ether oxygens (including phenoxy) is 1. The Morgan fingerprint density at radius 2 is 2.14 bits per heavy atom. The first-order valence-corrected chi connectivity index (χ1v) is 7.69. The lowest BCUT2D eigenvalue weighted by atomic mass is 9.91. The van der Waals surface area contributed by atoms with Crippen LogP contribution in [0.3, 0.4) is 0 Å². The zero-order valence-corrected chi connectivity index (χ0v) is 13.3. The summed E-state index contributed by atoms with van der Waals surface area (Å²) in [4.78, 5) is 13.8. The number of carbonyl (C=O) groups is 1. The molecular formula is C16H22ClNO3. The Hall–Kier alpha value is -1.26. The molecule has 0 saturated heterocycles. The molecule has 2 atom stereocenters. The minimum atomic E-state index is -0.435. The van der Waals surface area contributed by atoms with Crippen LogP contribution in [-0.2, 0) is 4.79 Å². The molecule has 2 rings (SSSR count). The van der Waals surface area contributed by atoms with Crippen molar-refractivity contribution in [2.45, 2.75) is 44.8 Å². The molecule has 21 heavy (non-hydrogen) atoms. The molecule has 116 valence electrons. The number of aliphatic hydroxyl groups is 1. The highest BCUT2D eigenvalue weighted by atomic mass is 35.5. The second kappa shape index (κ2) is 7.14. The van der Waals surface area contributed by atoms with Crippen LogP contribution in [0.15, 0.2) is 18.2 Å². The van der Waals surface area contributed by atoms with Crippen LogP contribution in [-0.4, -0.2) is 41.7 Å². The van der Waals surface area contributed by atoms with Crippen molar-refractivity contribution in [2.24, 2.45) is 0 Å². The quantitative estimate of drug-likeness (QED) is 0.930. The highest BCUT2D eigenvalue weighted by Crippen LogP contribution is 2.26. The summed E-state index contributed by atoms with van der Waals surface area (Å²) < 4.78 is 5.52. The second-order valence-corrected chi connectivity index (χ2v) is 6.05. The molecule has 1 aromatic carbocycles. The topological polar surface area (TPSA) is 49.8 Å². The van der Waals surface area contributed by atoms with E-state index in [-0.39, 0.29) is 18.6 Å². The largest absolute Gasteiger partial charge is 0.482 e. The predicted octanol–water partition coefficient (Wildman–Crippen LogP) is 2.79. The Bertz CT molecular complexity index is 506. The summed E-state index contributed by atoms with van der Waals surface area (Å²) in [6.07, 6.45) is 3.23. The van der Waals surface area contributed by atoms with Gasteiger partial charge in [0, 0.05) is 7.05 Å². The fraction of sp³-hybridized carbons (Fsp3) is 0.562. The molecule has 1 amide bonds. The molecule has 0 heterocycles. The number of likely N-dealkylation sites (N-methyl/N-ethyl adjacent to an activating group) is 1. The van der Waals surface area contributed by atoms with E-state index < -0.39 is 6.10 Å². The summed E-state index contributed by atoms with van der Waals surface area (Å²) in [5.74, 6) is 0.376. The Morgan fingerprint density at radius 1 is 1.43 bits per heavy atom. The van der Waals surface area contributed by atoms with Crippen LogP contribution in [0.25, 0.3) is 0 Å². The maximum atomic E-state index is 12.2. The van der Waals surface area contributed by atoms with E-state index in [1.54, 1.807) is 18.0 Å². The molecular weight excluding hydrogens is 290 g/mol. The molecule has 5 heteroatoms. The van der Waals surface area contributed by atoms with E-state index in [9.17, 15) is 9.90 Å². The fourth-order valence-electron chi connectivity index (χ4n) is 2.69. The van der Waals surface area contributed by atoms with E-state index in [1.807, 2.05) is 19.1 Å². The standard InChI is InChI=1S/C16H22ClNO3/c1-11-7-8-12(17)15(9-11)21-10-16(20)18(2)13-5-3-4-6-14(13)19/h7-9,13-14,19H,3-6,10H2,1-2H3. The molecule has 1 aliphatic rings. The number of aryl methyl sites for hydroxylation is 1. The van der Waals surface area contributed by atoms with E-state index in [1.165, 1.54) is 0 Å². The molecule has 0 aromatic heterocycles. The number of amides is 1. The third-order valence-electron chi connectivity index (χ3n) is 4.02. The lowest BCUT2D eigenvalue weighted by Crippen LogP contribution is -2.47. The normalized spacial score (nSPS) is 21.9. The van der Waals surface area contributed by atoms with Crippen LogP contribution < -0.4 is 4.74 Å². The number of carbonyl (C=O) groups excluding carboxylic acids is 1. The number of hydrogen-bond acceptors (Lipinski definition) is 3. The SMILES string of the molecule is Cc1ccc(Cl)c(OCC(=O)N(C)C2CCCCC2O)c1. The van der Waals surface area contributed by atoms with Gasteiger partial charge in [0.05, 0.1) is 17.2 Å². The summed E-state index contributed by atoms with van der Waals surface area (Å²) in [7, 11) is 1.72. The van der Waals surface area contributed by atoms with Crippen molar-refractivity contribution in [2.75, 3.05) is 13.7 Å². The van der Waals surface area contributed by atoms with Gasteiger partial charge in [-0.15, -0.1) is 0 Å². The highest BCUT2D eigenvalue weighted by Gasteiger charge is 2.29. The molecule has 0 bridgehead atoms. The van der Waals surface area contributed by atoms with Crippen molar-refractivity contribution in [3.8, 4) is 5.75 Å². The van der Waals surface area contributed by atoms with Crippen LogP contribution >= 0.6 is 11.6 Å². The van der Waals surface area contributed by atoms with Crippen molar-refractivity contribution in [1.29, 1.82) is 0 Å². The number of aliphatic hydroxyl groups excluding tert-OH is 1. The van der Waals surface area contributed by atoms with Crippen LogP contribution in [0.2, 0.25) is 5.02 Å². The third-order valence-corrected chi connectivity index (χ3v) is 4.33. The molecule has 1 saturated carbocycles. The van der Waals surface area contributed by atoms with Gasteiger partial charge in [0.1, 0.15) is 5.75 Å². The first-order valence-electron chi connectivity index (χ1n) is 7.31. The summed E-state index contributed by atoms with van der Waals surface area (Å²) in [5.41, 5.74) is 1.03. The van der Waals surface area contributed by atoms with Gasteiger partial charge < -0.3 is 14.7 Å². The van der Waals surface area contributed by atoms with Crippen molar-refractivity contribution in [3.63, 3.8) is 0 Å². The van der Waals surface area contributed by atoms with Gasteiger partial charge in [-0.25, -0.2) is 0 Å². The Balaban J connectivity index is 1.93. The van der Waals surface area contributed by atoms with Gasteiger partial charge >= 0.3 is 0 Å². The van der Waals surface area contributed by atoms with Gasteiger partial charge in [-0.1, -0.05) is 30.5 Å². The summed E-state index contributed by atoms with van der Waals surface area (Å²) >= 11 is 6.04. The number of halogens is 1. The van der Waals surface area contributed by atoms with E-state index in [4.69, 9.17) is 16.3 Å². The zero-order chi connectivity index (χ0) is 15.4. The van der Waals surface area contributed by atoms with E-state index in [2.05, 4.69) is 0 Å². The van der Waals surface area contributed by atoms with Crippen LogP contribution in [0, 0.1) is 6.92 Å². The van der Waals surface area contributed by atoms with Crippen molar-refractivity contribution < 1.29 is 14.6 Å². The van der Waals surface area contributed by atoms with Crippen molar-refractivity contribution in [1.82, 2.24) is 4.90 Å². The van der Waals surface area contributed by atoms with Crippen LogP contribution in [0.5, 0.6) is 5.75 Å². The Morgan fingerprint density at radius 3 is 2.86 bits per heavy atom. The fourth-order valence-corrected chi connectivity index (χ4v) is 2.86. The predicted molar refractivity (Wildman–Crippen MR) is 82.7 cm³/mol. The van der Waals surface area contributed by atoms with Gasteiger partial charge in [-0.05, 0) is 37.5 Å². The van der Waals surface area contributed by atoms with Gasteiger partial charge in [0.2, 0.25) is 0 Å². The van der Waals surface area contributed by atoms with Crippen molar-refractivity contribution in [3.05, 3.63) is 28.8 Å². The van der Waals surface area contributed by atoms with Gasteiger partial charge in [0.15, 0.2) is 6.61 Å². The number of hydrogen-bond donors (Lipinski definition) is 1. The average Bonchev–Trinajstić information content (AvgIpc) is 2.47. The first kappa shape index (κ1) is 16.1. The zero-order valence-electron chi connectivity index (χ0n) is 12.5. The number of benzene rings is 1. The number of nitrogens with zero attached hydrogens (tertiary/aromatic N) is 1. The average molecular weight is 312 g/mol. The third kappa shape index (κ3) is 4.11. The molecule has 4 nitrogen and oxygen atoms in total. The van der Waals surface area contributed by atoms with Gasteiger partial charge in [-0.2, -0.15) is 0 Å². The van der Waals surface area contributed by atoms with E-state index in [0.29, 0.717) is 10.8 Å². The minimum absolute atomic E-state index is 0.0666. The van der Waals surface area contributed by atoms with E-state index >= 15 is 0 Å². The lowest BCUT2D eigenvalue weighted by Gasteiger charge is -2.35. The molecule has 2 unspecified atom stereocenters. The molecule has 1 aromatic rings. The monoisotopic (exact) mass is 311 g/mol. The van der Waals surface area contributed by atoms with E-state index in [0.717, 1.165) is 31.2 Å². The summed E-state index contributed by atoms with van der Waals surface area (Å²) in [6, 6.07) is 5.35. The Kier molecular flexibility index (Phi) is 5.48. The highest BCUT2D eigenvalue weighted by molar-refractivity contribution is 6.32.